The second kappa shape index (κ2) is 9.61. The summed E-state index contributed by atoms with van der Waals surface area (Å²) in [7, 11) is 2.35. The maximum Gasteiger partial charge on any atom is 0.254 e. The van der Waals surface area contributed by atoms with Crippen molar-refractivity contribution in [2.45, 2.75) is 19.4 Å². The molecule has 4 heterocycles. The quantitative estimate of drug-likeness (QED) is 0.324. The summed E-state index contributed by atoms with van der Waals surface area (Å²) in [5.41, 5.74) is 6.18. The molecule has 1 atom stereocenters. The van der Waals surface area contributed by atoms with Gasteiger partial charge in [-0.1, -0.05) is 12.5 Å². The maximum atomic E-state index is 14.8. The second-order valence-electron chi connectivity index (χ2n) is 7.94. The highest BCUT2D eigenvalue weighted by molar-refractivity contribution is 6.09. The van der Waals surface area contributed by atoms with E-state index >= 15 is 0 Å². The molecule has 0 aliphatic carbocycles. The number of nitrogens with zero attached hydrogens (tertiary/aromatic N) is 5. The number of amides is 1. The van der Waals surface area contributed by atoms with E-state index in [1.807, 2.05) is 0 Å². The van der Waals surface area contributed by atoms with Gasteiger partial charge < -0.3 is 20.1 Å². The van der Waals surface area contributed by atoms with Crippen LogP contribution in [0, 0.1) is 23.5 Å². The second-order valence-corrected chi connectivity index (χ2v) is 7.94. The molecule has 0 bridgehead atoms. The number of nitrogens with two attached hydrogens (primary N) is 1. The van der Waals surface area contributed by atoms with Crippen molar-refractivity contribution < 1.29 is 27.8 Å². The third-order valence-electron chi connectivity index (χ3n) is 5.84. The minimum atomic E-state index is -1.11. The summed E-state index contributed by atoms with van der Waals surface area (Å²) in [5.74, 6) is 1.39. The van der Waals surface area contributed by atoms with Gasteiger partial charge in [-0.2, -0.15) is 18.9 Å². The van der Waals surface area contributed by atoms with E-state index in [1.165, 1.54) is 33.4 Å². The third-order valence-corrected chi connectivity index (χ3v) is 5.84. The Labute approximate surface area is 204 Å². The number of Topliss-reactive ketones (excluding diaryl/α,β-unsaturated/α-hetero) is 1. The molecule has 0 saturated carbocycles. The molecular weight excluding hydrogens is 474 g/mol. The topological polar surface area (TPSA) is 125 Å². The number of methoxy groups -OCH3 is 2. The third kappa shape index (κ3) is 4.08. The maximum absolute atomic E-state index is 14.8. The molecule has 3 aromatic heterocycles. The van der Waals surface area contributed by atoms with Crippen LogP contribution in [0.1, 0.15) is 41.0 Å². The van der Waals surface area contributed by atoms with Gasteiger partial charge in [-0.25, -0.2) is 4.98 Å². The lowest BCUT2D eigenvalue weighted by molar-refractivity contribution is -0.125. The molecule has 1 aliphatic rings. The van der Waals surface area contributed by atoms with E-state index in [4.69, 9.17) is 15.2 Å². The Bertz CT molecular complexity index is 1440. The number of carbonyl (C=O) groups is 2. The van der Waals surface area contributed by atoms with E-state index in [9.17, 15) is 18.4 Å². The predicted molar refractivity (Wildman–Crippen MR) is 126 cm³/mol. The molecule has 10 nitrogen and oxygen atoms in total. The summed E-state index contributed by atoms with van der Waals surface area (Å²) in [6, 6.07) is -0.304. The van der Waals surface area contributed by atoms with Gasteiger partial charge in [0.05, 0.1) is 36.7 Å². The molecule has 4 rings (SSSR count). The molecule has 1 aliphatic heterocycles. The molecule has 1 saturated heterocycles. The van der Waals surface area contributed by atoms with Gasteiger partial charge in [-0.3, -0.25) is 14.3 Å². The summed E-state index contributed by atoms with van der Waals surface area (Å²) < 4.78 is 40.8. The van der Waals surface area contributed by atoms with Crippen molar-refractivity contribution in [3.8, 4) is 23.6 Å². The zero-order chi connectivity index (χ0) is 26.1. The van der Waals surface area contributed by atoms with Crippen molar-refractivity contribution in [3.05, 3.63) is 47.3 Å². The Balaban J connectivity index is 1.92. The Hall–Kier alpha value is -4.53. The number of likely N-dealkylation sites (tertiary alicyclic amines) is 1. The predicted octanol–water partition coefficient (Wildman–Crippen LogP) is 2.27. The summed E-state index contributed by atoms with van der Waals surface area (Å²) in [5, 5.41) is 4.80. The molecule has 36 heavy (non-hydrogen) atoms. The number of hydrogen-bond donors (Lipinski definition) is 1. The van der Waals surface area contributed by atoms with Crippen LogP contribution >= 0.6 is 0 Å². The molecule has 2 N–H and O–H groups in total. The van der Waals surface area contributed by atoms with Gasteiger partial charge in [0.15, 0.2) is 5.78 Å². The Kier molecular flexibility index (Phi) is 6.57. The number of rotatable bonds is 5. The molecule has 12 heteroatoms. The first-order chi connectivity index (χ1) is 17.2. The number of anilines is 1. The number of ether oxygens (including phenoxy) is 2. The summed E-state index contributed by atoms with van der Waals surface area (Å²) in [6.07, 6.45) is 3.11. The van der Waals surface area contributed by atoms with Crippen LogP contribution in [0.3, 0.4) is 0 Å². The van der Waals surface area contributed by atoms with Gasteiger partial charge in [0.1, 0.15) is 17.1 Å². The van der Waals surface area contributed by atoms with Crippen molar-refractivity contribution in [1.82, 2.24) is 24.6 Å². The number of aromatic nitrogens is 4. The average Bonchev–Trinajstić information content (AvgIpc) is 3.49. The first-order valence-corrected chi connectivity index (χ1v) is 10.8. The Morgan fingerprint density at radius 3 is 2.47 bits per heavy atom. The Morgan fingerprint density at radius 1 is 1.22 bits per heavy atom. The van der Waals surface area contributed by atoms with E-state index in [0.717, 1.165) is 0 Å². The van der Waals surface area contributed by atoms with Gasteiger partial charge in [0, 0.05) is 19.3 Å². The van der Waals surface area contributed by atoms with E-state index in [-0.39, 0.29) is 40.2 Å². The molecule has 0 radical (unpaired) electrons. The van der Waals surface area contributed by atoms with E-state index < -0.39 is 29.0 Å². The molecule has 1 fully saturated rings. The lowest BCUT2D eigenvalue weighted by atomic mass is 10.1. The number of hydrogen-bond acceptors (Lipinski definition) is 8. The van der Waals surface area contributed by atoms with Crippen LogP contribution in [-0.4, -0.2) is 63.6 Å². The molecule has 1 amide bonds. The minimum absolute atomic E-state index is 0.0356. The zero-order valence-electron chi connectivity index (χ0n) is 19.8. The Morgan fingerprint density at radius 2 is 1.89 bits per heavy atom. The van der Waals surface area contributed by atoms with Crippen molar-refractivity contribution >= 4 is 28.4 Å². The number of carbonyl (C=O) groups excluding carboxylic acids is 2. The van der Waals surface area contributed by atoms with Crippen molar-refractivity contribution in [2.75, 3.05) is 33.0 Å². The van der Waals surface area contributed by atoms with E-state index in [1.54, 1.807) is 9.58 Å². The number of fused-ring (bicyclic) bond motifs is 1. The minimum Gasteiger partial charge on any atom is -0.479 e. The van der Waals surface area contributed by atoms with E-state index in [2.05, 4.69) is 33.5 Å². The highest BCUT2D eigenvalue weighted by atomic mass is 19.1. The van der Waals surface area contributed by atoms with Crippen LogP contribution in [0.5, 0.6) is 11.8 Å². The first kappa shape index (κ1) is 24.6. The number of halogens is 2. The number of ketones is 1. The normalized spacial score (nSPS) is 14.9. The van der Waals surface area contributed by atoms with Gasteiger partial charge in [0.2, 0.25) is 17.5 Å². The van der Waals surface area contributed by atoms with Crippen molar-refractivity contribution in [2.24, 2.45) is 0 Å². The smallest absolute Gasteiger partial charge is 0.254 e. The number of nitrogen functional groups attached to an aromatic ring is 1. The first-order valence-electron chi connectivity index (χ1n) is 10.8. The summed E-state index contributed by atoms with van der Waals surface area (Å²) in [6.45, 7) is 5.66. The fourth-order valence-corrected chi connectivity index (χ4v) is 4.08. The lowest BCUT2D eigenvalue weighted by Crippen LogP contribution is -2.27. The molecule has 186 valence electrons. The van der Waals surface area contributed by atoms with Crippen LogP contribution < -0.4 is 15.2 Å². The van der Waals surface area contributed by atoms with Crippen LogP contribution in [0.2, 0.25) is 0 Å². The van der Waals surface area contributed by atoms with Crippen molar-refractivity contribution in [1.29, 1.82) is 0 Å². The average molecular weight is 496 g/mol. The molecular formula is C24H22F2N6O4. The van der Waals surface area contributed by atoms with Gasteiger partial charge in [-0.15, -0.1) is 0 Å². The fourth-order valence-electron chi connectivity index (χ4n) is 4.08. The van der Waals surface area contributed by atoms with Crippen molar-refractivity contribution in [3.63, 3.8) is 0 Å². The van der Waals surface area contributed by atoms with Crippen LogP contribution in [0.15, 0.2) is 18.9 Å². The lowest BCUT2D eigenvalue weighted by Gasteiger charge is -2.16. The largest absolute Gasteiger partial charge is 0.479 e. The summed E-state index contributed by atoms with van der Waals surface area (Å²) in [4.78, 5) is 33.8. The van der Waals surface area contributed by atoms with Crippen LogP contribution in [0.4, 0.5) is 14.6 Å². The highest BCUT2D eigenvalue weighted by Gasteiger charge is 2.30. The number of pyridine rings is 2. The standard InChI is InChI=1S/C24H22F2N6O4/c1-5-17(34)31-9-8-13(11-31)32-21-15(12(2)33)10-28-22(27)18(21)16(30-32)7-6-14-19(25)23(35-3)29-24(36-4)20(14)26/h5,10,13H,1,8-9,11H2,2-4H3,(H2,27,28)/t13-/m0/s1. The van der Waals surface area contributed by atoms with Gasteiger partial charge >= 0.3 is 0 Å². The fraction of sp³-hybridized carbons (Fsp3) is 0.292. The van der Waals surface area contributed by atoms with Gasteiger partial charge in [-0.05, 0) is 25.3 Å². The summed E-state index contributed by atoms with van der Waals surface area (Å²) >= 11 is 0. The van der Waals surface area contributed by atoms with E-state index in [0.29, 0.717) is 25.0 Å². The molecule has 0 aromatic carbocycles. The molecule has 0 unspecified atom stereocenters. The monoisotopic (exact) mass is 496 g/mol. The zero-order valence-corrected chi connectivity index (χ0v) is 19.8. The van der Waals surface area contributed by atoms with Crippen LogP contribution in [-0.2, 0) is 4.79 Å². The SMILES string of the molecule is C=CC(=O)N1CC[C@H](n2nc(C#Cc3c(F)c(OC)nc(OC)c3F)c3c(N)ncc(C(C)=O)c32)C1. The highest BCUT2D eigenvalue weighted by Crippen LogP contribution is 2.33. The molecule has 0 spiro atoms. The molecule has 3 aromatic rings. The van der Waals surface area contributed by atoms with Gasteiger partial charge in [0.25, 0.3) is 11.8 Å². The van der Waals surface area contributed by atoms with Crippen LogP contribution in [0.25, 0.3) is 10.9 Å².